The second kappa shape index (κ2) is 11.7. The fourth-order valence-corrected chi connectivity index (χ4v) is 5.14. The average Bonchev–Trinajstić information content (AvgIpc) is 3.18. The first kappa shape index (κ1) is 27.3. The fraction of sp³-hybridized carbons (Fsp3) is 0.423. The Morgan fingerprint density at radius 2 is 1.61 bits per heavy atom. The molecule has 0 spiro atoms. The van der Waals surface area contributed by atoms with Crippen LogP contribution in [0.5, 0.6) is 17.4 Å². The van der Waals surface area contributed by atoms with Crippen molar-refractivity contribution in [3.05, 3.63) is 42.0 Å². The first-order chi connectivity index (χ1) is 17.2. The van der Waals surface area contributed by atoms with Crippen LogP contribution in [0.2, 0.25) is 0 Å². The number of nitrogens with one attached hydrogen (secondary N) is 1. The Morgan fingerprint density at radius 3 is 2.14 bits per heavy atom. The van der Waals surface area contributed by atoms with Gasteiger partial charge in [0.1, 0.15) is 0 Å². The van der Waals surface area contributed by atoms with Crippen molar-refractivity contribution in [1.82, 2.24) is 9.88 Å². The number of anilines is 1. The van der Waals surface area contributed by atoms with Gasteiger partial charge in [-0.05, 0) is 49.8 Å². The van der Waals surface area contributed by atoms with Gasteiger partial charge in [-0.25, -0.2) is 8.42 Å². The number of nitrogens with zero attached hydrogens (tertiary/aromatic N) is 3. The summed E-state index contributed by atoms with van der Waals surface area (Å²) in [5.41, 5.74) is 3.22. The normalized spacial score (nSPS) is 12.4. The zero-order valence-corrected chi connectivity index (χ0v) is 22.6. The van der Waals surface area contributed by atoms with Gasteiger partial charge in [0.05, 0.1) is 48.6 Å². The molecule has 0 saturated carbocycles. The van der Waals surface area contributed by atoms with Gasteiger partial charge >= 0.3 is 0 Å². The van der Waals surface area contributed by atoms with Crippen molar-refractivity contribution >= 4 is 38.0 Å². The van der Waals surface area contributed by atoms with E-state index in [4.69, 9.17) is 14.5 Å². The number of H-pyrrole nitrogens is 1. The molecule has 196 valence electrons. The molecular weight excluding hydrogens is 480 g/mol. The molecule has 2 N–H and O–H groups in total. The van der Waals surface area contributed by atoms with Crippen LogP contribution in [0.15, 0.2) is 41.4 Å². The molecule has 0 aliphatic carbocycles. The number of aliphatic imine (C=N–C) groups is 1. The Hall–Kier alpha value is -3.24. The highest BCUT2D eigenvalue weighted by atomic mass is 32.2. The number of aromatic hydroxyl groups is 1. The molecule has 3 aromatic rings. The molecule has 36 heavy (non-hydrogen) atoms. The Kier molecular flexibility index (Phi) is 8.86. The lowest BCUT2D eigenvalue weighted by Crippen LogP contribution is -2.38. The lowest BCUT2D eigenvalue weighted by Gasteiger charge is -2.26. The van der Waals surface area contributed by atoms with Crippen molar-refractivity contribution in [2.45, 2.75) is 27.2 Å². The number of rotatable bonds is 12. The lowest BCUT2D eigenvalue weighted by molar-refractivity contribution is 0.313. The van der Waals surface area contributed by atoms with E-state index in [0.29, 0.717) is 59.2 Å². The Morgan fingerprint density at radius 1 is 1.00 bits per heavy atom. The molecule has 0 amide bonds. The van der Waals surface area contributed by atoms with Gasteiger partial charge in [0.15, 0.2) is 17.4 Å². The maximum atomic E-state index is 12.5. The van der Waals surface area contributed by atoms with Crippen LogP contribution in [-0.4, -0.2) is 75.8 Å². The summed E-state index contributed by atoms with van der Waals surface area (Å²) in [7, 11) is -0.313. The first-order valence-electron chi connectivity index (χ1n) is 12.0. The number of benzene rings is 2. The maximum absolute atomic E-state index is 12.5. The van der Waals surface area contributed by atoms with Gasteiger partial charge < -0.3 is 24.5 Å². The molecule has 3 rings (SSSR count). The van der Waals surface area contributed by atoms with Crippen molar-refractivity contribution < 1.29 is 23.0 Å². The highest BCUT2D eigenvalue weighted by Crippen LogP contribution is 2.37. The molecule has 0 aliphatic rings. The number of sulfonamides is 1. The number of aromatic nitrogens is 1. The third-order valence-electron chi connectivity index (χ3n) is 6.22. The van der Waals surface area contributed by atoms with Crippen LogP contribution < -0.4 is 13.8 Å². The number of likely N-dealkylation sites (N-methyl/N-ethyl adjacent to an activating group) is 1. The number of hydrogen-bond donors (Lipinski definition) is 2. The van der Waals surface area contributed by atoms with Crippen molar-refractivity contribution in [2.24, 2.45) is 4.99 Å². The first-order valence-corrected chi connectivity index (χ1v) is 13.9. The van der Waals surface area contributed by atoms with E-state index in [1.54, 1.807) is 44.6 Å². The highest BCUT2D eigenvalue weighted by molar-refractivity contribution is 7.92. The number of hydrogen-bond acceptors (Lipinski definition) is 7. The molecule has 0 bridgehead atoms. The molecule has 1 aromatic heterocycles. The van der Waals surface area contributed by atoms with Crippen LogP contribution in [-0.2, 0) is 10.0 Å². The number of fused-ring (bicyclic) bond motifs is 1. The largest absolute Gasteiger partial charge is 0.494 e. The third kappa shape index (κ3) is 5.93. The molecule has 0 aliphatic heterocycles. The van der Waals surface area contributed by atoms with Gasteiger partial charge in [-0.1, -0.05) is 20.8 Å². The standard InChI is InChI=1S/C26H36N4O5S/c1-7-21(25-20-16-23(34-4)24(35-5)17-22(20)28-26(25)31)27-18-10-12-19(13-11-18)30(36(6,32)33)15-14-29(8-2)9-3/h10-13,16-17,28,31H,7-9,14-15H2,1-6H3. The summed E-state index contributed by atoms with van der Waals surface area (Å²) in [5.74, 6) is 1.12. The summed E-state index contributed by atoms with van der Waals surface area (Å²) in [4.78, 5) is 9.95. The minimum atomic E-state index is -3.44. The van der Waals surface area contributed by atoms with Crippen LogP contribution >= 0.6 is 0 Å². The predicted octanol–water partition coefficient (Wildman–Crippen LogP) is 4.53. The Labute approximate surface area is 213 Å². The third-order valence-corrected chi connectivity index (χ3v) is 7.42. The molecule has 0 radical (unpaired) electrons. The second-order valence-corrected chi connectivity index (χ2v) is 10.3. The highest BCUT2D eigenvalue weighted by Gasteiger charge is 2.20. The molecule has 2 aromatic carbocycles. The molecule has 0 fully saturated rings. The molecular formula is C26H36N4O5S. The molecule has 1 heterocycles. The van der Waals surface area contributed by atoms with Crippen LogP contribution in [0.4, 0.5) is 11.4 Å². The van der Waals surface area contributed by atoms with Gasteiger partial charge in [-0.3, -0.25) is 9.30 Å². The van der Waals surface area contributed by atoms with Crippen LogP contribution in [0.1, 0.15) is 32.8 Å². The van der Waals surface area contributed by atoms with E-state index in [2.05, 4.69) is 23.7 Å². The summed E-state index contributed by atoms with van der Waals surface area (Å²) in [6.07, 6.45) is 1.79. The molecule has 0 unspecified atom stereocenters. The zero-order chi connectivity index (χ0) is 26.5. The van der Waals surface area contributed by atoms with Crippen LogP contribution in [0.3, 0.4) is 0 Å². The minimum absolute atomic E-state index is 0.0113. The van der Waals surface area contributed by atoms with Crippen LogP contribution in [0.25, 0.3) is 10.9 Å². The van der Waals surface area contributed by atoms with E-state index in [-0.39, 0.29) is 5.88 Å². The molecule has 0 saturated heterocycles. The Bertz CT molecular complexity index is 1310. The second-order valence-electron chi connectivity index (χ2n) is 8.39. The SMILES string of the molecule is CCC(=Nc1ccc(N(CCN(CC)CC)S(C)(=O)=O)cc1)c1c(O)[nH]c2cc(OC)c(OC)cc12. The summed E-state index contributed by atoms with van der Waals surface area (Å²) in [6.45, 7) is 8.83. The molecule has 9 nitrogen and oxygen atoms in total. The smallest absolute Gasteiger partial charge is 0.232 e. The number of ether oxygens (including phenoxy) is 2. The van der Waals surface area contributed by atoms with E-state index >= 15 is 0 Å². The minimum Gasteiger partial charge on any atom is -0.494 e. The van der Waals surface area contributed by atoms with Gasteiger partial charge in [0, 0.05) is 24.5 Å². The van der Waals surface area contributed by atoms with Gasteiger partial charge in [0.25, 0.3) is 0 Å². The molecule has 10 heteroatoms. The van der Waals surface area contributed by atoms with Crippen molar-refractivity contribution in [2.75, 3.05) is 51.0 Å². The molecule has 0 atom stereocenters. The number of methoxy groups -OCH3 is 2. The fourth-order valence-electron chi connectivity index (χ4n) is 4.22. The Balaban J connectivity index is 1.96. The predicted molar refractivity (Wildman–Crippen MR) is 146 cm³/mol. The van der Waals surface area contributed by atoms with E-state index < -0.39 is 10.0 Å². The summed E-state index contributed by atoms with van der Waals surface area (Å²) < 4.78 is 37.2. The topological polar surface area (TPSA) is 107 Å². The summed E-state index contributed by atoms with van der Waals surface area (Å²) >= 11 is 0. The summed E-state index contributed by atoms with van der Waals surface area (Å²) in [6, 6.07) is 10.7. The van der Waals surface area contributed by atoms with Gasteiger partial charge in [-0.15, -0.1) is 0 Å². The van der Waals surface area contributed by atoms with E-state index in [9.17, 15) is 13.5 Å². The van der Waals surface area contributed by atoms with Gasteiger partial charge in [-0.2, -0.15) is 0 Å². The van der Waals surface area contributed by atoms with Crippen molar-refractivity contribution in [3.63, 3.8) is 0 Å². The van der Waals surface area contributed by atoms with Gasteiger partial charge in [0.2, 0.25) is 10.0 Å². The average molecular weight is 517 g/mol. The monoisotopic (exact) mass is 516 g/mol. The maximum Gasteiger partial charge on any atom is 0.232 e. The van der Waals surface area contributed by atoms with E-state index in [0.717, 1.165) is 18.5 Å². The van der Waals surface area contributed by atoms with Crippen LogP contribution in [0, 0.1) is 0 Å². The van der Waals surface area contributed by atoms with Crippen molar-refractivity contribution in [3.8, 4) is 17.4 Å². The lowest BCUT2D eigenvalue weighted by atomic mass is 10.1. The summed E-state index contributed by atoms with van der Waals surface area (Å²) in [5, 5.41) is 11.5. The zero-order valence-electron chi connectivity index (χ0n) is 21.8. The number of aromatic amines is 1. The van der Waals surface area contributed by atoms with E-state index in [1.165, 1.54) is 10.6 Å². The van der Waals surface area contributed by atoms with E-state index in [1.807, 2.05) is 13.0 Å². The quantitative estimate of drug-likeness (QED) is 0.343. The van der Waals surface area contributed by atoms with Crippen molar-refractivity contribution in [1.29, 1.82) is 0 Å².